The molecule has 152 valence electrons. The van der Waals surface area contributed by atoms with E-state index in [1.807, 2.05) is 37.3 Å². The number of amides is 1. The average Bonchev–Trinajstić information content (AvgIpc) is 2.80. The first-order valence-electron chi connectivity index (χ1n) is 10.5. The molecule has 1 fully saturated rings. The Kier molecular flexibility index (Phi) is 5.94. The van der Waals surface area contributed by atoms with Gasteiger partial charge in [-0.2, -0.15) is 5.26 Å². The second kappa shape index (κ2) is 8.96. The van der Waals surface area contributed by atoms with E-state index >= 15 is 0 Å². The number of carbonyl (C=O) groups excluding carboxylic acids is 1. The number of pyridine rings is 1. The van der Waals surface area contributed by atoms with Gasteiger partial charge in [-0.05, 0) is 74.1 Å². The molecule has 1 saturated carbocycles. The number of fused-ring (bicyclic) bond motifs is 1. The summed E-state index contributed by atoms with van der Waals surface area (Å²) in [6.45, 7) is 2.00. The van der Waals surface area contributed by atoms with E-state index in [1.165, 1.54) is 0 Å². The van der Waals surface area contributed by atoms with E-state index < -0.39 is 0 Å². The van der Waals surface area contributed by atoms with E-state index in [1.54, 1.807) is 30.5 Å². The number of hydrogen-bond donors (Lipinski definition) is 1. The van der Waals surface area contributed by atoms with Gasteiger partial charge in [0.05, 0.1) is 23.3 Å². The van der Waals surface area contributed by atoms with Gasteiger partial charge in [0.15, 0.2) is 0 Å². The Morgan fingerprint density at radius 2 is 1.83 bits per heavy atom. The van der Waals surface area contributed by atoms with Gasteiger partial charge in [-0.25, -0.2) is 0 Å². The first kappa shape index (κ1) is 19.9. The zero-order valence-electron chi connectivity index (χ0n) is 17.0. The van der Waals surface area contributed by atoms with Gasteiger partial charge >= 0.3 is 0 Å². The minimum atomic E-state index is -0.0663. The third-order valence-corrected chi connectivity index (χ3v) is 6.02. The van der Waals surface area contributed by atoms with Crippen molar-refractivity contribution < 1.29 is 9.53 Å². The molecule has 1 amide bonds. The first-order chi connectivity index (χ1) is 14.6. The predicted octanol–water partition coefficient (Wildman–Crippen LogP) is 5.32. The summed E-state index contributed by atoms with van der Waals surface area (Å²) in [6, 6.07) is 19.0. The predicted molar refractivity (Wildman–Crippen MR) is 117 cm³/mol. The number of para-hydroxylation sites is 1. The number of nitrogens with one attached hydrogen (secondary N) is 1. The van der Waals surface area contributed by atoms with E-state index in [0.29, 0.717) is 11.5 Å². The molecule has 0 bridgehead atoms. The summed E-state index contributed by atoms with van der Waals surface area (Å²) >= 11 is 0. The van der Waals surface area contributed by atoms with Gasteiger partial charge in [0.1, 0.15) is 5.75 Å². The van der Waals surface area contributed by atoms with E-state index in [9.17, 15) is 4.79 Å². The van der Waals surface area contributed by atoms with Crippen molar-refractivity contribution in [2.75, 3.05) is 5.32 Å². The van der Waals surface area contributed by atoms with Gasteiger partial charge in [0, 0.05) is 23.2 Å². The minimum absolute atomic E-state index is 0.0317. The fraction of sp³-hybridized carbons (Fsp3) is 0.320. The summed E-state index contributed by atoms with van der Waals surface area (Å²) < 4.78 is 6.31. The molecule has 1 aromatic heterocycles. The van der Waals surface area contributed by atoms with Crippen LogP contribution in [-0.4, -0.2) is 17.0 Å². The topological polar surface area (TPSA) is 75.0 Å². The van der Waals surface area contributed by atoms with Crippen LogP contribution in [0.15, 0.2) is 60.8 Å². The number of nitrogens with zero attached hydrogens (tertiary/aromatic N) is 2. The molecule has 4 rings (SSSR count). The van der Waals surface area contributed by atoms with E-state index in [2.05, 4.69) is 16.4 Å². The molecule has 0 spiro atoms. The van der Waals surface area contributed by atoms with Crippen molar-refractivity contribution in [2.45, 2.75) is 38.7 Å². The number of rotatable bonds is 5. The molecule has 1 N–H and O–H groups in total. The monoisotopic (exact) mass is 399 g/mol. The molecule has 1 aliphatic rings. The third kappa shape index (κ3) is 4.44. The minimum Gasteiger partial charge on any atom is -0.490 e. The van der Waals surface area contributed by atoms with Crippen LogP contribution in [0.25, 0.3) is 10.9 Å². The van der Waals surface area contributed by atoms with E-state index in [0.717, 1.165) is 48.0 Å². The van der Waals surface area contributed by atoms with Crippen molar-refractivity contribution in [3.63, 3.8) is 0 Å². The normalized spacial score (nSPS) is 19.6. The maximum atomic E-state index is 12.7. The molecule has 0 unspecified atom stereocenters. The Labute approximate surface area is 176 Å². The maximum Gasteiger partial charge on any atom is 0.227 e. The SMILES string of the molecule is C[C@@H](C(=O)Nc1ccc(C#N)cc1)[C@H]1CC[C@@H](Oc2ccnc3ccccc23)CC1. The lowest BCUT2D eigenvalue weighted by Gasteiger charge is -2.32. The Balaban J connectivity index is 1.32. The van der Waals surface area contributed by atoms with Crippen LogP contribution in [0.5, 0.6) is 5.75 Å². The summed E-state index contributed by atoms with van der Waals surface area (Å²) in [5, 5.41) is 12.9. The third-order valence-electron chi connectivity index (χ3n) is 6.02. The molecule has 2 aromatic carbocycles. The van der Waals surface area contributed by atoms with Crippen molar-refractivity contribution in [2.24, 2.45) is 11.8 Å². The molecular formula is C25H25N3O2. The van der Waals surface area contributed by atoms with Crippen LogP contribution in [0.1, 0.15) is 38.2 Å². The highest BCUT2D eigenvalue weighted by Crippen LogP contribution is 2.34. The summed E-state index contributed by atoms with van der Waals surface area (Å²) in [5.41, 5.74) is 2.26. The summed E-state index contributed by atoms with van der Waals surface area (Å²) in [7, 11) is 0. The highest BCUT2D eigenvalue weighted by molar-refractivity contribution is 5.92. The summed E-state index contributed by atoms with van der Waals surface area (Å²) in [6.07, 6.45) is 5.77. The van der Waals surface area contributed by atoms with Crippen LogP contribution >= 0.6 is 0 Å². The lowest BCUT2D eigenvalue weighted by atomic mass is 9.79. The molecular weight excluding hydrogens is 374 g/mol. The van der Waals surface area contributed by atoms with Crippen molar-refractivity contribution in [1.29, 1.82) is 5.26 Å². The number of hydrogen-bond acceptors (Lipinski definition) is 4. The molecule has 1 atom stereocenters. The summed E-state index contributed by atoms with van der Waals surface area (Å²) in [4.78, 5) is 17.1. The fourth-order valence-electron chi connectivity index (χ4n) is 4.16. The summed E-state index contributed by atoms with van der Waals surface area (Å²) in [5.74, 6) is 1.20. The molecule has 0 aliphatic heterocycles. The lowest BCUT2D eigenvalue weighted by Crippen LogP contribution is -2.32. The Hall–Kier alpha value is -3.39. The molecule has 0 radical (unpaired) electrons. The average molecular weight is 399 g/mol. The van der Waals surface area contributed by atoms with Crippen molar-refractivity contribution in [1.82, 2.24) is 4.98 Å². The number of nitriles is 1. The standard InChI is InChI=1S/C25H25N3O2/c1-17(25(29)28-20-10-6-18(16-26)7-11-20)19-8-12-21(13-9-19)30-24-14-15-27-23-5-3-2-4-22(23)24/h2-7,10-11,14-15,17,19,21H,8-9,12-13H2,1H3,(H,28,29)/t17-,19-,21+/m1/s1. The van der Waals surface area contributed by atoms with E-state index in [4.69, 9.17) is 10.00 Å². The van der Waals surface area contributed by atoms with Crippen LogP contribution in [0, 0.1) is 23.2 Å². The fourth-order valence-corrected chi connectivity index (χ4v) is 4.16. The molecule has 3 aromatic rings. The molecule has 5 nitrogen and oxygen atoms in total. The largest absolute Gasteiger partial charge is 0.490 e. The maximum absolute atomic E-state index is 12.7. The van der Waals surface area contributed by atoms with Crippen molar-refractivity contribution in [3.8, 4) is 11.8 Å². The molecule has 1 aliphatic carbocycles. The second-order valence-electron chi connectivity index (χ2n) is 7.95. The number of benzene rings is 2. The number of aromatic nitrogens is 1. The molecule has 30 heavy (non-hydrogen) atoms. The lowest BCUT2D eigenvalue weighted by molar-refractivity contribution is -0.121. The highest BCUT2D eigenvalue weighted by atomic mass is 16.5. The number of carbonyl (C=O) groups is 1. The Morgan fingerprint density at radius 3 is 2.57 bits per heavy atom. The second-order valence-corrected chi connectivity index (χ2v) is 7.95. The Morgan fingerprint density at radius 1 is 1.10 bits per heavy atom. The quantitative estimate of drug-likeness (QED) is 0.630. The molecule has 0 saturated heterocycles. The van der Waals surface area contributed by atoms with Gasteiger partial charge < -0.3 is 10.1 Å². The van der Waals surface area contributed by atoms with Gasteiger partial charge in [-0.15, -0.1) is 0 Å². The smallest absolute Gasteiger partial charge is 0.227 e. The van der Waals surface area contributed by atoms with Gasteiger partial charge in [-0.1, -0.05) is 19.1 Å². The zero-order chi connectivity index (χ0) is 20.9. The van der Waals surface area contributed by atoms with Gasteiger partial charge in [0.25, 0.3) is 0 Å². The Bertz CT molecular complexity index is 1060. The number of ether oxygens (including phenoxy) is 1. The highest BCUT2D eigenvalue weighted by Gasteiger charge is 2.30. The molecule has 1 heterocycles. The van der Waals surface area contributed by atoms with Crippen LogP contribution < -0.4 is 10.1 Å². The van der Waals surface area contributed by atoms with Crippen LogP contribution in [-0.2, 0) is 4.79 Å². The van der Waals surface area contributed by atoms with Gasteiger partial charge in [-0.3, -0.25) is 9.78 Å². The van der Waals surface area contributed by atoms with Crippen LogP contribution in [0.3, 0.4) is 0 Å². The van der Waals surface area contributed by atoms with Crippen LogP contribution in [0.2, 0.25) is 0 Å². The zero-order valence-corrected chi connectivity index (χ0v) is 17.0. The van der Waals surface area contributed by atoms with Crippen LogP contribution in [0.4, 0.5) is 5.69 Å². The first-order valence-corrected chi connectivity index (χ1v) is 10.5. The van der Waals surface area contributed by atoms with E-state index in [-0.39, 0.29) is 17.9 Å². The molecule has 5 heteroatoms. The van der Waals surface area contributed by atoms with Crippen molar-refractivity contribution >= 4 is 22.5 Å². The van der Waals surface area contributed by atoms with Crippen molar-refractivity contribution in [3.05, 3.63) is 66.4 Å². The number of anilines is 1. The van der Waals surface area contributed by atoms with Gasteiger partial charge in [0.2, 0.25) is 5.91 Å².